The van der Waals surface area contributed by atoms with Crippen molar-refractivity contribution in [2.24, 2.45) is 0 Å². The molecule has 0 heterocycles. The van der Waals surface area contributed by atoms with Crippen LogP contribution in [0.2, 0.25) is 0 Å². The highest BCUT2D eigenvalue weighted by atomic mass is 32.2. The smallest absolute Gasteiger partial charge is 0.339 e. The Morgan fingerprint density at radius 2 is 1.65 bits per heavy atom. The van der Waals surface area contributed by atoms with Gasteiger partial charge in [-0.3, -0.25) is 0 Å². The van der Waals surface area contributed by atoms with Crippen molar-refractivity contribution in [2.45, 2.75) is 18.7 Å². The minimum Gasteiger partial charge on any atom is -0.379 e. The summed E-state index contributed by atoms with van der Waals surface area (Å²) >= 11 is 0. The molecule has 0 saturated heterocycles. The molecular weight excluding hydrogens is 286 g/mol. The van der Waals surface area contributed by atoms with E-state index in [1.807, 2.05) is 0 Å². The largest absolute Gasteiger partial charge is 0.379 e. The Labute approximate surface area is 115 Å². The van der Waals surface area contributed by atoms with Gasteiger partial charge in [-0.25, -0.2) is 8.78 Å². The van der Waals surface area contributed by atoms with Gasteiger partial charge in [0.1, 0.15) is 10.6 Å². The molecule has 0 aliphatic carbocycles. The highest BCUT2D eigenvalue weighted by Crippen LogP contribution is 2.23. The number of halogens is 2. The molecule has 2 rings (SSSR count). The molecule has 0 unspecified atom stereocenters. The topological polar surface area (TPSA) is 43.4 Å². The molecule has 0 atom stereocenters. The van der Waals surface area contributed by atoms with E-state index in [0.29, 0.717) is 11.6 Å². The van der Waals surface area contributed by atoms with Gasteiger partial charge in [0.2, 0.25) is 0 Å². The highest BCUT2D eigenvalue weighted by Gasteiger charge is 2.20. The van der Waals surface area contributed by atoms with Crippen molar-refractivity contribution in [3.8, 4) is 5.75 Å². The van der Waals surface area contributed by atoms with E-state index in [1.54, 1.807) is 26.0 Å². The first-order chi connectivity index (χ1) is 9.29. The van der Waals surface area contributed by atoms with Gasteiger partial charge in [-0.15, -0.1) is 0 Å². The van der Waals surface area contributed by atoms with Gasteiger partial charge in [0.05, 0.1) is 0 Å². The molecular formula is C14H12F2O3S. The maximum atomic E-state index is 13.1. The van der Waals surface area contributed by atoms with Crippen molar-refractivity contribution in [2.75, 3.05) is 0 Å². The summed E-state index contributed by atoms with van der Waals surface area (Å²) in [6, 6.07) is 7.44. The number of hydrogen-bond donors (Lipinski definition) is 0. The summed E-state index contributed by atoms with van der Waals surface area (Å²) in [5, 5.41) is 0. The second kappa shape index (κ2) is 5.20. The lowest BCUT2D eigenvalue weighted by Gasteiger charge is -2.10. The van der Waals surface area contributed by atoms with Crippen LogP contribution in [-0.2, 0) is 10.1 Å². The Balaban J connectivity index is 2.40. The summed E-state index contributed by atoms with van der Waals surface area (Å²) in [5.41, 5.74) is 1.27. The van der Waals surface area contributed by atoms with E-state index in [9.17, 15) is 17.2 Å². The molecule has 0 aliphatic heterocycles. The third kappa shape index (κ3) is 2.96. The van der Waals surface area contributed by atoms with Gasteiger partial charge in [-0.2, -0.15) is 8.42 Å². The molecule has 0 amide bonds. The monoisotopic (exact) mass is 298 g/mol. The van der Waals surface area contributed by atoms with E-state index in [4.69, 9.17) is 4.18 Å². The van der Waals surface area contributed by atoms with Crippen LogP contribution in [0.5, 0.6) is 5.75 Å². The van der Waals surface area contributed by atoms with Crippen LogP contribution in [0.3, 0.4) is 0 Å². The number of benzene rings is 2. The van der Waals surface area contributed by atoms with E-state index >= 15 is 0 Å². The molecule has 6 heteroatoms. The van der Waals surface area contributed by atoms with Crippen molar-refractivity contribution in [1.29, 1.82) is 0 Å². The van der Waals surface area contributed by atoms with Crippen molar-refractivity contribution >= 4 is 10.1 Å². The maximum Gasteiger partial charge on any atom is 0.339 e. The van der Waals surface area contributed by atoms with E-state index in [1.165, 1.54) is 6.07 Å². The maximum absolute atomic E-state index is 13.1. The summed E-state index contributed by atoms with van der Waals surface area (Å²) in [4.78, 5) is 0.00207. The van der Waals surface area contributed by atoms with E-state index in [-0.39, 0.29) is 10.6 Å². The van der Waals surface area contributed by atoms with Gasteiger partial charge in [0, 0.05) is 6.07 Å². The predicted molar refractivity (Wildman–Crippen MR) is 70.1 cm³/mol. The minimum absolute atomic E-state index is 0.00207. The fourth-order valence-electron chi connectivity index (χ4n) is 1.68. The van der Waals surface area contributed by atoms with Crippen molar-refractivity contribution < 1.29 is 21.4 Å². The van der Waals surface area contributed by atoms with E-state index < -0.39 is 21.8 Å². The Morgan fingerprint density at radius 1 is 0.950 bits per heavy atom. The van der Waals surface area contributed by atoms with Crippen LogP contribution in [0.15, 0.2) is 41.3 Å². The molecule has 20 heavy (non-hydrogen) atoms. The molecule has 0 aromatic heterocycles. The summed E-state index contributed by atoms with van der Waals surface area (Å²) in [6.45, 7) is 3.37. The number of aryl methyl sites for hydroxylation is 2. The van der Waals surface area contributed by atoms with Crippen LogP contribution in [-0.4, -0.2) is 8.42 Å². The molecule has 0 bridgehead atoms. The fourth-order valence-corrected chi connectivity index (χ4v) is 2.92. The van der Waals surface area contributed by atoms with Gasteiger partial charge in [-0.1, -0.05) is 12.1 Å². The summed E-state index contributed by atoms with van der Waals surface area (Å²) in [6.07, 6.45) is 0. The molecule has 3 nitrogen and oxygen atoms in total. The summed E-state index contributed by atoms with van der Waals surface area (Å²) in [5.74, 6) is -2.51. The molecule has 0 N–H and O–H groups in total. The second-order valence-electron chi connectivity index (χ2n) is 4.38. The molecule has 0 radical (unpaired) electrons. The standard InChI is InChI=1S/C14H12F2O3S/c1-9-3-4-10(2)14(7-9)20(17,18)19-11-5-6-12(15)13(16)8-11/h3-8H,1-2H3. The normalized spacial score (nSPS) is 11.4. The Kier molecular flexibility index (Phi) is 3.76. The lowest BCUT2D eigenvalue weighted by Crippen LogP contribution is -2.11. The Bertz CT molecular complexity index is 755. The SMILES string of the molecule is Cc1ccc(C)c(S(=O)(=O)Oc2ccc(F)c(F)c2)c1. The minimum atomic E-state index is -4.09. The van der Waals surface area contributed by atoms with Gasteiger partial charge in [0.25, 0.3) is 0 Å². The lowest BCUT2D eigenvalue weighted by molar-refractivity contribution is 0.471. The highest BCUT2D eigenvalue weighted by molar-refractivity contribution is 7.87. The quantitative estimate of drug-likeness (QED) is 0.816. The molecule has 106 valence electrons. The average molecular weight is 298 g/mol. The van der Waals surface area contributed by atoms with E-state index in [0.717, 1.165) is 17.7 Å². The molecule has 0 fully saturated rings. The first kappa shape index (κ1) is 14.5. The molecule has 0 aliphatic rings. The van der Waals surface area contributed by atoms with Crippen molar-refractivity contribution in [3.05, 3.63) is 59.2 Å². The number of hydrogen-bond acceptors (Lipinski definition) is 3. The molecule has 0 spiro atoms. The van der Waals surface area contributed by atoms with Gasteiger partial charge >= 0.3 is 10.1 Å². The third-order valence-corrected chi connectivity index (χ3v) is 4.10. The Morgan fingerprint density at radius 3 is 2.30 bits per heavy atom. The van der Waals surface area contributed by atoms with Crippen LogP contribution in [0.25, 0.3) is 0 Å². The molecule has 0 saturated carbocycles. The zero-order chi connectivity index (χ0) is 14.9. The number of rotatable bonds is 3. The zero-order valence-corrected chi connectivity index (χ0v) is 11.7. The van der Waals surface area contributed by atoms with Gasteiger partial charge in [-0.05, 0) is 43.2 Å². The van der Waals surface area contributed by atoms with Crippen LogP contribution >= 0.6 is 0 Å². The van der Waals surface area contributed by atoms with Crippen LogP contribution in [0, 0.1) is 25.5 Å². The van der Waals surface area contributed by atoms with Gasteiger partial charge in [0.15, 0.2) is 11.6 Å². The zero-order valence-electron chi connectivity index (χ0n) is 10.9. The van der Waals surface area contributed by atoms with Crippen LogP contribution < -0.4 is 4.18 Å². The summed E-state index contributed by atoms with van der Waals surface area (Å²) in [7, 11) is -4.09. The molecule has 2 aromatic carbocycles. The fraction of sp³-hybridized carbons (Fsp3) is 0.143. The van der Waals surface area contributed by atoms with Gasteiger partial charge < -0.3 is 4.18 Å². The summed E-state index contributed by atoms with van der Waals surface area (Å²) < 4.78 is 54.9. The first-order valence-corrected chi connectivity index (χ1v) is 7.17. The predicted octanol–water partition coefficient (Wildman–Crippen LogP) is 3.35. The van der Waals surface area contributed by atoms with E-state index in [2.05, 4.69) is 0 Å². The second-order valence-corrected chi connectivity index (χ2v) is 5.90. The van der Waals surface area contributed by atoms with Crippen LogP contribution in [0.4, 0.5) is 8.78 Å². The van der Waals surface area contributed by atoms with Crippen molar-refractivity contribution in [3.63, 3.8) is 0 Å². The Hall–Kier alpha value is -1.95. The average Bonchev–Trinajstić information content (AvgIpc) is 2.36. The lowest BCUT2D eigenvalue weighted by atomic mass is 10.2. The third-order valence-electron chi connectivity index (χ3n) is 2.71. The van der Waals surface area contributed by atoms with Crippen LogP contribution in [0.1, 0.15) is 11.1 Å². The first-order valence-electron chi connectivity index (χ1n) is 5.76. The van der Waals surface area contributed by atoms with Crippen molar-refractivity contribution in [1.82, 2.24) is 0 Å². The molecule has 2 aromatic rings.